The average Bonchev–Trinajstić information content (AvgIpc) is 2.55. The van der Waals surface area contributed by atoms with E-state index in [2.05, 4.69) is 4.90 Å². The van der Waals surface area contributed by atoms with Crippen LogP contribution in [-0.2, 0) is 11.3 Å². The summed E-state index contributed by atoms with van der Waals surface area (Å²) in [6.07, 6.45) is 2.75. The summed E-state index contributed by atoms with van der Waals surface area (Å²) in [5.74, 6) is 0.799. The van der Waals surface area contributed by atoms with Crippen molar-refractivity contribution in [3.63, 3.8) is 0 Å². The number of methoxy groups -OCH3 is 1. The first-order valence-corrected chi connectivity index (χ1v) is 7.97. The quantitative estimate of drug-likeness (QED) is 0.760. The van der Waals surface area contributed by atoms with Crippen molar-refractivity contribution >= 4 is 0 Å². The number of piperidine rings is 1. The Balaban J connectivity index is 1.74. The molecule has 5 nitrogen and oxygen atoms in total. The summed E-state index contributed by atoms with van der Waals surface area (Å²) in [4.78, 5) is 2.17. The highest BCUT2D eigenvalue weighted by Gasteiger charge is 2.23. The normalized spacial score (nSPS) is 20.8. The number of para-hydroxylation sites is 1. The summed E-state index contributed by atoms with van der Waals surface area (Å²) in [6.45, 7) is 2.36. The molecule has 1 fully saturated rings. The lowest BCUT2D eigenvalue weighted by Crippen LogP contribution is -2.46. The van der Waals surface area contributed by atoms with Crippen LogP contribution in [0.5, 0.6) is 5.75 Å². The van der Waals surface area contributed by atoms with Gasteiger partial charge in [0.15, 0.2) is 0 Å². The lowest BCUT2D eigenvalue weighted by molar-refractivity contribution is -0.0109. The molecule has 1 aromatic rings. The van der Waals surface area contributed by atoms with Gasteiger partial charge in [-0.3, -0.25) is 4.90 Å². The fourth-order valence-corrected chi connectivity index (χ4v) is 2.96. The van der Waals surface area contributed by atoms with E-state index in [0.29, 0.717) is 13.2 Å². The van der Waals surface area contributed by atoms with Gasteiger partial charge in [0, 0.05) is 18.2 Å². The summed E-state index contributed by atoms with van der Waals surface area (Å²) >= 11 is 0. The van der Waals surface area contributed by atoms with Crippen LogP contribution in [0.4, 0.5) is 0 Å². The molecule has 0 radical (unpaired) electrons. The summed E-state index contributed by atoms with van der Waals surface area (Å²) in [5.41, 5.74) is 0.975. The summed E-state index contributed by atoms with van der Waals surface area (Å²) in [6, 6.07) is 7.89. The number of hydrogen-bond acceptors (Lipinski definition) is 5. The molecule has 0 spiro atoms. The van der Waals surface area contributed by atoms with E-state index >= 15 is 0 Å². The van der Waals surface area contributed by atoms with Crippen LogP contribution in [0.15, 0.2) is 24.3 Å². The highest BCUT2D eigenvalue weighted by atomic mass is 16.5. The number of aliphatic hydroxyl groups excluding tert-OH is 2. The number of β-amino-alcohol motifs (C(OH)–C–C–N with tert-alkyl or cyclic N) is 1. The lowest BCUT2D eigenvalue weighted by atomic mass is 10.0. The van der Waals surface area contributed by atoms with Crippen molar-refractivity contribution in [1.82, 2.24) is 4.90 Å². The van der Waals surface area contributed by atoms with Gasteiger partial charge in [-0.05, 0) is 25.5 Å². The van der Waals surface area contributed by atoms with Crippen molar-refractivity contribution in [2.45, 2.75) is 38.0 Å². The highest BCUT2D eigenvalue weighted by molar-refractivity contribution is 5.32. The van der Waals surface area contributed by atoms with Gasteiger partial charge in [-0.15, -0.1) is 0 Å². The van der Waals surface area contributed by atoms with Crippen LogP contribution in [0.25, 0.3) is 0 Å². The number of likely N-dealkylation sites (tertiary alicyclic amines) is 1. The molecule has 1 aromatic carbocycles. The smallest absolute Gasteiger partial charge is 0.124 e. The van der Waals surface area contributed by atoms with Crippen LogP contribution in [-0.4, -0.2) is 60.7 Å². The van der Waals surface area contributed by atoms with E-state index in [0.717, 1.165) is 37.1 Å². The molecule has 1 aliphatic rings. The fourth-order valence-electron chi connectivity index (χ4n) is 2.96. The Bertz CT molecular complexity index is 440. The largest absolute Gasteiger partial charge is 0.496 e. The number of nitrogens with zero attached hydrogens (tertiary/aromatic N) is 1. The van der Waals surface area contributed by atoms with Crippen molar-refractivity contribution in [3.05, 3.63) is 29.8 Å². The number of rotatable bonds is 8. The van der Waals surface area contributed by atoms with Gasteiger partial charge < -0.3 is 19.7 Å². The van der Waals surface area contributed by atoms with E-state index in [4.69, 9.17) is 9.47 Å². The highest BCUT2D eigenvalue weighted by Crippen LogP contribution is 2.19. The molecule has 1 heterocycles. The Labute approximate surface area is 132 Å². The molecule has 0 aromatic heterocycles. The summed E-state index contributed by atoms with van der Waals surface area (Å²) < 4.78 is 10.9. The first-order valence-electron chi connectivity index (χ1n) is 7.97. The number of aliphatic hydroxyl groups is 2. The molecule has 0 saturated carbocycles. The topological polar surface area (TPSA) is 62.2 Å². The molecule has 0 unspecified atom stereocenters. The molecule has 0 aliphatic carbocycles. The fraction of sp³-hybridized carbons (Fsp3) is 0.647. The van der Waals surface area contributed by atoms with Gasteiger partial charge in [-0.2, -0.15) is 0 Å². The van der Waals surface area contributed by atoms with Gasteiger partial charge >= 0.3 is 0 Å². The maximum absolute atomic E-state index is 10.1. The van der Waals surface area contributed by atoms with Gasteiger partial charge in [-0.25, -0.2) is 0 Å². The molecular weight excluding hydrogens is 282 g/mol. The Hall–Kier alpha value is -1.14. The second-order valence-corrected chi connectivity index (χ2v) is 5.81. The standard InChI is InChI=1S/C17H27NO4/c1-21-17-8-3-2-6-14(17)12-22-13-16(20)10-18-9-5-4-7-15(18)11-19/h2-3,6,8,15-16,19-20H,4-5,7,9-13H2,1H3/t15-,16+/m0/s1. The summed E-state index contributed by atoms with van der Waals surface area (Å²) in [7, 11) is 1.64. The molecule has 2 N–H and O–H groups in total. The predicted octanol–water partition coefficient (Wildman–Crippen LogP) is 1.42. The van der Waals surface area contributed by atoms with Crippen molar-refractivity contribution in [1.29, 1.82) is 0 Å². The molecule has 5 heteroatoms. The zero-order valence-corrected chi connectivity index (χ0v) is 13.3. The van der Waals surface area contributed by atoms with Crippen LogP contribution in [0.2, 0.25) is 0 Å². The van der Waals surface area contributed by atoms with Crippen LogP contribution in [0.1, 0.15) is 24.8 Å². The zero-order chi connectivity index (χ0) is 15.8. The molecular formula is C17H27NO4. The van der Waals surface area contributed by atoms with E-state index in [1.165, 1.54) is 0 Å². The molecule has 124 valence electrons. The molecule has 22 heavy (non-hydrogen) atoms. The van der Waals surface area contributed by atoms with Crippen LogP contribution in [0.3, 0.4) is 0 Å². The third-order valence-corrected chi connectivity index (χ3v) is 4.17. The van der Waals surface area contributed by atoms with Crippen molar-refractivity contribution in [3.8, 4) is 5.75 Å². The van der Waals surface area contributed by atoms with E-state index < -0.39 is 6.10 Å². The van der Waals surface area contributed by atoms with Crippen LogP contribution in [0, 0.1) is 0 Å². The van der Waals surface area contributed by atoms with Crippen molar-refractivity contribution in [2.24, 2.45) is 0 Å². The summed E-state index contributed by atoms with van der Waals surface area (Å²) in [5, 5.41) is 19.5. The van der Waals surface area contributed by atoms with E-state index in [-0.39, 0.29) is 19.3 Å². The second-order valence-electron chi connectivity index (χ2n) is 5.81. The minimum Gasteiger partial charge on any atom is -0.496 e. The van der Waals surface area contributed by atoms with Crippen LogP contribution >= 0.6 is 0 Å². The van der Waals surface area contributed by atoms with E-state index in [1.807, 2.05) is 24.3 Å². The van der Waals surface area contributed by atoms with Gasteiger partial charge in [-0.1, -0.05) is 24.6 Å². The molecule has 0 amide bonds. The first kappa shape index (κ1) is 17.2. The minimum atomic E-state index is -0.540. The Kier molecular flexibility index (Phi) is 7.12. The molecule has 2 rings (SSSR count). The zero-order valence-electron chi connectivity index (χ0n) is 13.3. The Morgan fingerprint density at radius 2 is 2.14 bits per heavy atom. The van der Waals surface area contributed by atoms with E-state index in [9.17, 15) is 10.2 Å². The lowest BCUT2D eigenvalue weighted by Gasteiger charge is -2.35. The monoisotopic (exact) mass is 309 g/mol. The molecule has 1 aliphatic heterocycles. The Morgan fingerprint density at radius 1 is 1.32 bits per heavy atom. The minimum absolute atomic E-state index is 0.161. The van der Waals surface area contributed by atoms with Gasteiger partial charge in [0.2, 0.25) is 0 Å². The SMILES string of the molecule is COc1ccccc1COC[C@H](O)CN1CCCC[C@H]1CO. The molecule has 0 bridgehead atoms. The maximum atomic E-state index is 10.1. The van der Waals surface area contributed by atoms with Crippen molar-refractivity contribution < 1.29 is 19.7 Å². The van der Waals surface area contributed by atoms with Crippen LogP contribution < -0.4 is 4.74 Å². The third-order valence-electron chi connectivity index (χ3n) is 4.17. The second kappa shape index (κ2) is 9.10. The van der Waals surface area contributed by atoms with Gasteiger partial charge in [0.25, 0.3) is 0 Å². The van der Waals surface area contributed by atoms with Gasteiger partial charge in [0.05, 0.1) is 33.0 Å². The van der Waals surface area contributed by atoms with E-state index in [1.54, 1.807) is 7.11 Å². The molecule has 1 saturated heterocycles. The maximum Gasteiger partial charge on any atom is 0.124 e. The number of benzene rings is 1. The number of ether oxygens (including phenoxy) is 2. The van der Waals surface area contributed by atoms with Gasteiger partial charge in [0.1, 0.15) is 5.75 Å². The third kappa shape index (κ3) is 4.95. The molecule has 2 atom stereocenters. The number of hydrogen-bond donors (Lipinski definition) is 2. The van der Waals surface area contributed by atoms with Crippen molar-refractivity contribution in [2.75, 3.05) is 33.4 Å². The predicted molar refractivity (Wildman–Crippen MR) is 85.0 cm³/mol. The first-order chi connectivity index (χ1) is 10.7. The Morgan fingerprint density at radius 3 is 2.91 bits per heavy atom. The average molecular weight is 309 g/mol.